The first kappa shape index (κ1) is 17.7. The van der Waals surface area contributed by atoms with E-state index in [9.17, 15) is 14.7 Å². The van der Waals surface area contributed by atoms with E-state index < -0.39 is 12.6 Å². The van der Waals surface area contributed by atoms with Gasteiger partial charge in [0.2, 0.25) is 0 Å². The summed E-state index contributed by atoms with van der Waals surface area (Å²) in [6, 6.07) is 4.95. The van der Waals surface area contributed by atoms with E-state index in [1.54, 1.807) is 50.2 Å². The molecule has 7 nitrogen and oxygen atoms in total. The largest absolute Gasteiger partial charge is 0.546 e. The number of carboxylic acids is 1. The van der Waals surface area contributed by atoms with E-state index in [1.807, 2.05) is 0 Å². The molecule has 0 spiro atoms. The molecule has 1 aliphatic rings. The van der Waals surface area contributed by atoms with Crippen LogP contribution in [0.5, 0.6) is 11.5 Å². The number of hydrogen-bond donors (Lipinski definition) is 0. The molecule has 0 saturated carbocycles. The Morgan fingerprint density at radius 1 is 1.25 bits per heavy atom. The van der Waals surface area contributed by atoms with Gasteiger partial charge in [-0.2, -0.15) is 0 Å². The Kier molecular flexibility index (Phi) is 5.40. The van der Waals surface area contributed by atoms with Gasteiger partial charge in [-0.25, -0.2) is 0 Å². The third-order valence-electron chi connectivity index (χ3n) is 3.38. The summed E-state index contributed by atoms with van der Waals surface area (Å²) in [6.45, 7) is 1.61. The molecular formula is C16H17N2O5S-. The van der Waals surface area contributed by atoms with Crippen molar-refractivity contribution in [2.24, 2.45) is 0 Å². The van der Waals surface area contributed by atoms with Crippen LogP contribution < -0.4 is 14.6 Å². The average molecular weight is 349 g/mol. The highest BCUT2D eigenvalue weighted by molar-refractivity contribution is 7.80. The number of carbonyl (C=O) groups is 2. The summed E-state index contributed by atoms with van der Waals surface area (Å²) in [5.41, 5.74) is 1.14. The van der Waals surface area contributed by atoms with Gasteiger partial charge in [-0.15, -0.1) is 0 Å². The molecule has 1 heterocycles. The number of benzene rings is 1. The molecule has 1 aromatic carbocycles. The predicted molar refractivity (Wildman–Crippen MR) is 89.2 cm³/mol. The summed E-state index contributed by atoms with van der Waals surface area (Å²) in [5, 5.41) is 10.9. The Balaban J connectivity index is 2.33. The van der Waals surface area contributed by atoms with Crippen molar-refractivity contribution in [3.63, 3.8) is 0 Å². The van der Waals surface area contributed by atoms with Crippen LogP contribution in [-0.4, -0.2) is 54.1 Å². The zero-order valence-corrected chi connectivity index (χ0v) is 14.4. The van der Waals surface area contributed by atoms with Crippen LogP contribution in [0.25, 0.3) is 6.08 Å². The summed E-state index contributed by atoms with van der Waals surface area (Å²) in [4.78, 5) is 25.7. The van der Waals surface area contributed by atoms with Crippen molar-refractivity contribution >= 4 is 35.3 Å². The number of amides is 1. The minimum absolute atomic E-state index is 0.197. The fraction of sp³-hybridized carbons (Fsp3) is 0.312. The highest BCUT2D eigenvalue weighted by Crippen LogP contribution is 2.30. The van der Waals surface area contributed by atoms with E-state index in [0.29, 0.717) is 34.5 Å². The Morgan fingerprint density at radius 3 is 2.50 bits per heavy atom. The van der Waals surface area contributed by atoms with E-state index >= 15 is 0 Å². The van der Waals surface area contributed by atoms with Crippen molar-refractivity contribution < 1.29 is 24.2 Å². The topological polar surface area (TPSA) is 82.1 Å². The molecule has 0 unspecified atom stereocenters. The lowest BCUT2D eigenvalue weighted by Crippen LogP contribution is -2.29. The Hall–Kier alpha value is -2.61. The minimum atomic E-state index is -1.32. The number of aliphatic carboxylic acids is 1. The van der Waals surface area contributed by atoms with E-state index in [-0.39, 0.29) is 5.91 Å². The highest BCUT2D eigenvalue weighted by Gasteiger charge is 2.32. The number of carbonyl (C=O) groups excluding carboxylic acids is 2. The van der Waals surface area contributed by atoms with Crippen molar-refractivity contribution in [1.29, 1.82) is 0 Å². The quantitative estimate of drug-likeness (QED) is 0.537. The van der Waals surface area contributed by atoms with Crippen molar-refractivity contribution in [2.75, 3.05) is 27.3 Å². The average Bonchev–Trinajstić information content (AvgIpc) is 2.72. The van der Waals surface area contributed by atoms with Crippen LogP contribution in [0.4, 0.5) is 0 Å². The van der Waals surface area contributed by atoms with E-state index in [1.165, 1.54) is 4.90 Å². The van der Waals surface area contributed by atoms with Crippen LogP contribution >= 0.6 is 12.2 Å². The molecule has 1 saturated heterocycles. The van der Waals surface area contributed by atoms with Crippen LogP contribution in [0.3, 0.4) is 0 Å². The maximum absolute atomic E-state index is 12.2. The normalized spacial score (nSPS) is 16.0. The van der Waals surface area contributed by atoms with Crippen molar-refractivity contribution in [2.45, 2.75) is 6.92 Å². The molecule has 1 fully saturated rings. The van der Waals surface area contributed by atoms with Crippen LogP contribution in [0.15, 0.2) is 23.9 Å². The SMILES string of the molecule is CCOc1cc(/C=C2\C(=O)N(C)C(=S)N2C)ccc1OCC(=O)[O-]. The number of ether oxygens (including phenoxy) is 2. The van der Waals surface area contributed by atoms with Crippen molar-refractivity contribution in [3.05, 3.63) is 29.5 Å². The van der Waals surface area contributed by atoms with Gasteiger partial charge < -0.3 is 24.3 Å². The van der Waals surface area contributed by atoms with Crippen LogP contribution in [0.1, 0.15) is 12.5 Å². The number of rotatable bonds is 6. The molecule has 1 aromatic rings. The maximum Gasteiger partial charge on any atom is 0.276 e. The second kappa shape index (κ2) is 7.31. The summed E-state index contributed by atoms with van der Waals surface area (Å²) in [6.07, 6.45) is 1.68. The summed E-state index contributed by atoms with van der Waals surface area (Å²) in [5.74, 6) is -0.838. The molecule has 2 rings (SSSR count). The zero-order chi connectivity index (χ0) is 17.9. The Morgan fingerprint density at radius 2 is 1.96 bits per heavy atom. The number of likely N-dealkylation sites (N-methyl/N-ethyl adjacent to an activating group) is 2. The third-order valence-corrected chi connectivity index (χ3v) is 3.92. The standard InChI is InChI=1S/C16H18N2O5S/c1-4-22-13-8-10(5-6-12(13)23-9-14(19)20)7-11-15(21)18(3)16(24)17(11)2/h5-8H,4,9H2,1-3H3,(H,19,20)/p-1/b11-7+. The highest BCUT2D eigenvalue weighted by atomic mass is 32.1. The molecule has 128 valence electrons. The van der Waals surface area contributed by atoms with Gasteiger partial charge in [0, 0.05) is 14.1 Å². The monoisotopic (exact) mass is 349 g/mol. The van der Waals surface area contributed by atoms with E-state index in [0.717, 1.165) is 0 Å². The first-order valence-electron chi connectivity index (χ1n) is 7.22. The second-order valence-corrected chi connectivity index (χ2v) is 5.40. The minimum Gasteiger partial charge on any atom is -0.546 e. The molecule has 0 aliphatic carbocycles. The van der Waals surface area contributed by atoms with Crippen molar-refractivity contribution in [3.8, 4) is 11.5 Å². The fourth-order valence-corrected chi connectivity index (χ4v) is 2.37. The fourth-order valence-electron chi connectivity index (χ4n) is 2.19. The Bertz CT molecular complexity index is 716. The number of thiocarbonyl (C=S) groups is 1. The van der Waals surface area contributed by atoms with Gasteiger partial charge in [0.15, 0.2) is 16.6 Å². The number of hydrogen-bond acceptors (Lipinski definition) is 6. The predicted octanol–water partition coefficient (Wildman–Crippen LogP) is 0.244. The first-order valence-corrected chi connectivity index (χ1v) is 7.63. The van der Waals surface area contributed by atoms with Gasteiger partial charge in [0.25, 0.3) is 5.91 Å². The summed E-state index contributed by atoms with van der Waals surface area (Å²) < 4.78 is 10.6. The summed E-state index contributed by atoms with van der Waals surface area (Å²) in [7, 11) is 3.33. The molecule has 8 heteroatoms. The smallest absolute Gasteiger partial charge is 0.276 e. The molecule has 0 radical (unpaired) electrons. The second-order valence-electron chi connectivity index (χ2n) is 5.04. The third kappa shape index (κ3) is 3.65. The van der Waals surface area contributed by atoms with Gasteiger partial charge in [-0.3, -0.25) is 9.69 Å². The van der Waals surface area contributed by atoms with E-state index in [2.05, 4.69) is 0 Å². The van der Waals surface area contributed by atoms with Crippen molar-refractivity contribution in [1.82, 2.24) is 9.80 Å². The number of nitrogens with zero attached hydrogens (tertiary/aromatic N) is 2. The zero-order valence-electron chi connectivity index (χ0n) is 13.6. The first-order chi connectivity index (χ1) is 11.3. The summed E-state index contributed by atoms with van der Waals surface area (Å²) >= 11 is 5.17. The molecule has 0 atom stereocenters. The van der Waals surface area contributed by atoms with Crippen LogP contribution in [-0.2, 0) is 9.59 Å². The van der Waals surface area contributed by atoms with Gasteiger partial charge in [-0.1, -0.05) is 6.07 Å². The lowest BCUT2D eigenvalue weighted by atomic mass is 10.1. The Labute approximate surface area is 145 Å². The van der Waals surface area contributed by atoms with Crippen LogP contribution in [0, 0.1) is 0 Å². The van der Waals surface area contributed by atoms with Crippen LogP contribution in [0.2, 0.25) is 0 Å². The molecule has 0 N–H and O–H groups in total. The lowest BCUT2D eigenvalue weighted by Gasteiger charge is -2.14. The molecule has 1 aliphatic heterocycles. The molecule has 1 amide bonds. The van der Waals surface area contributed by atoms with Gasteiger partial charge in [0.05, 0.1) is 12.6 Å². The molecular weight excluding hydrogens is 332 g/mol. The van der Waals surface area contributed by atoms with Gasteiger partial charge in [0.1, 0.15) is 12.3 Å². The molecule has 24 heavy (non-hydrogen) atoms. The van der Waals surface area contributed by atoms with Gasteiger partial charge in [-0.05, 0) is 42.9 Å². The maximum atomic E-state index is 12.2. The lowest BCUT2D eigenvalue weighted by molar-refractivity contribution is -0.307. The molecule has 0 bridgehead atoms. The molecule has 0 aromatic heterocycles. The van der Waals surface area contributed by atoms with Gasteiger partial charge >= 0.3 is 0 Å². The van der Waals surface area contributed by atoms with E-state index in [4.69, 9.17) is 21.7 Å². The number of carboxylic acid groups (broad SMARTS) is 1.